The average molecular weight is 171 g/mol. The van der Waals surface area contributed by atoms with Crippen molar-refractivity contribution >= 4 is 0 Å². The molecule has 2 heterocycles. The Morgan fingerprint density at radius 1 is 1.25 bits per heavy atom. The Balaban J connectivity index is 2.10. The Kier molecular flexibility index (Phi) is 1.90. The Labute approximate surface area is 73.7 Å². The van der Waals surface area contributed by atoms with Gasteiger partial charge >= 0.3 is 0 Å². The Bertz CT molecular complexity index is 167. The van der Waals surface area contributed by atoms with Gasteiger partial charge in [-0.15, -0.1) is 0 Å². The summed E-state index contributed by atoms with van der Waals surface area (Å²) in [4.78, 5) is 0. The van der Waals surface area contributed by atoms with Crippen LogP contribution in [-0.2, 0) is 0 Å². The maximum absolute atomic E-state index is 14.2. The molecule has 1 N–H and O–H groups in total. The molecule has 2 unspecified atom stereocenters. The molecule has 2 bridgehead atoms. The SMILES string of the molecule is CC(C)C1(F)CC2CCC(C1)N2. The predicted molar refractivity (Wildman–Crippen MR) is 47.9 cm³/mol. The zero-order valence-electron chi connectivity index (χ0n) is 7.94. The molecule has 0 aliphatic carbocycles. The smallest absolute Gasteiger partial charge is 0.116 e. The van der Waals surface area contributed by atoms with E-state index in [0.717, 1.165) is 12.8 Å². The predicted octanol–water partition coefficient (Wildman–Crippen LogP) is 2.27. The molecule has 2 rings (SSSR count). The minimum absolute atomic E-state index is 0.183. The summed E-state index contributed by atoms with van der Waals surface area (Å²) in [6, 6.07) is 0.937. The molecular weight excluding hydrogens is 153 g/mol. The number of alkyl halides is 1. The summed E-state index contributed by atoms with van der Waals surface area (Å²) in [5.41, 5.74) is -0.878. The van der Waals surface area contributed by atoms with Crippen LogP contribution >= 0.6 is 0 Å². The van der Waals surface area contributed by atoms with Gasteiger partial charge in [-0.1, -0.05) is 13.8 Å². The van der Waals surface area contributed by atoms with Gasteiger partial charge in [0.25, 0.3) is 0 Å². The lowest BCUT2D eigenvalue weighted by Gasteiger charge is -2.37. The summed E-state index contributed by atoms with van der Waals surface area (Å²) in [6.45, 7) is 4.01. The number of piperidine rings is 1. The first-order valence-corrected chi connectivity index (χ1v) is 5.05. The van der Waals surface area contributed by atoms with Crippen molar-refractivity contribution < 1.29 is 4.39 Å². The first-order valence-electron chi connectivity index (χ1n) is 5.05. The fourth-order valence-corrected chi connectivity index (χ4v) is 2.60. The normalized spacial score (nSPS) is 47.0. The van der Waals surface area contributed by atoms with Gasteiger partial charge in [-0.25, -0.2) is 4.39 Å². The molecule has 2 aliphatic rings. The quantitative estimate of drug-likeness (QED) is 0.638. The topological polar surface area (TPSA) is 12.0 Å². The summed E-state index contributed by atoms with van der Waals surface area (Å²) in [5, 5.41) is 3.46. The van der Waals surface area contributed by atoms with E-state index in [1.54, 1.807) is 0 Å². The second-order valence-corrected chi connectivity index (χ2v) is 4.74. The molecule has 2 atom stereocenters. The summed E-state index contributed by atoms with van der Waals surface area (Å²) < 4.78 is 14.2. The van der Waals surface area contributed by atoms with Crippen LogP contribution in [0.3, 0.4) is 0 Å². The Morgan fingerprint density at radius 2 is 1.75 bits per heavy atom. The third kappa shape index (κ3) is 1.26. The van der Waals surface area contributed by atoms with E-state index in [0.29, 0.717) is 12.1 Å². The highest BCUT2D eigenvalue weighted by Gasteiger charge is 2.45. The van der Waals surface area contributed by atoms with E-state index in [-0.39, 0.29) is 5.92 Å². The van der Waals surface area contributed by atoms with Crippen molar-refractivity contribution in [1.82, 2.24) is 5.32 Å². The molecule has 0 aromatic carbocycles. The third-order valence-corrected chi connectivity index (χ3v) is 3.54. The summed E-state index contributed by atoms with van der Waals surface area (Å²) >= 11 is 0. The van der Waals surface area contributed by atoms with Crippen molar-refractivity contribution in [2.45, 2.75) is 57.3 Å². The summed E-state index contributed by atoms with van der Waals surface area (Å²) in [6.07, 6.45) is 3.84. The molecule has 70 valence electrons. The van der Waals surface area contributed by atoms with E-state index in [2.05, 4.69) is 5.32 Å². The lowest BCUT2D eigenvalue weighted by molar-refractivity contribution is 0.0411. The number of fused-ring (bicyclic) bond motifs is 2. The van der Waals surface area contributed by atoms with Crippen LogP contribution in [-0.4, -0.2) is 17.8 Å². The van der Waals surface area contributed by atoms with Crippen LogP contribution in [0.4, 0.5) is 4.39 Å². The van der Waals surface area contributed by atoms with Gasteiger partial charge in [-0.05, 0) is 31.6 Å². The van der Waals surface area contributed by atoms with Crippen LogP contribution in [0.1, 0.15) is 39.5 Å². The molecule has 2 aliphatic heterocycles. The molecule has 1 nitrogen and oxygen atoms in total. The van der Waals surface area contributed by atoms with Crippen LogP contribution < -0.4 is 5.32 Å². The van der Waals surface area contributed by atoms with Crippen LogP contribution in [0.15, 0.2) is 0 Å². The van der Waals surface area contributed by atoms with E-state index in [9.17, 15) is 4.39 Å². The van der Waals surface area contributed by atoms with Crippen molar-refractivity contribution in [2.75, 3.05) is 0 Å². The number of hydrogen-bond donors (Lipinski definition) is 1. The zero-order valence-corrected chi connectivity index (χ0v) is 7.94. The molecule has 2 saturated heterocycles. The number of hydrogen-bond acceptors (Lipinski definition) is 1. The van der Waals surface area contributed by atoms with Crippen LogP contribution in [0, 0.1) is 5.92 Å². The minimum Gasteiger partial charge on any atom is -0.311 e. The number of nitrogens with one attached hydrogen (secondary N) is 1. The highest BCUT2D eigenvalue weighted by atomic mass is 19.1. The van der Waals surface area contributed by atoms with Gasteiger partial charge in [0.05, 0.1) is 0 Å². The molecule has 0 aromatic heterocycles. The minimum atomic E-state index is -0.878. The van der Waals surface area contributed by atoms with E-state index >= 15 is 0 Å². The average Bonchev–Trinajstić information content (AvgIpc) is 2.30. The standard InChI is InChI=1S/C10H18FN/c1-7(2)10(11)5-8-3-4-9(6-10)12-8/h7-9,12H,3-6H2,1-2H3. The Hall–Kier alpha value is -0.110. The van der Waals surface area contributed by atoms with Crippen molar-refractivity contribution in [2.24, 2.45) is 5.92 Å². The molecule has 12 heavy (non-hydrogen) atoms. The van der Waals surface area contributed by atoms with Gasteiger partial charge in [0.1, 0.15) is 5.67 Å². The molecule has 2 heteroatoms. The van der Waals surface area contributed by atoms with E-state index in [4.69, 9.17) is 0 Å². The third-order valence-electron chi connectivity index (χ3n) is 3.54. The van der Waals surface area contributed by atoms with Crippen molar-refractivity contribution in [1.29, 1.82) is 0 Å². The van der Waals surface area contributed by atoms with E-state index in [1.807, 2.05) is 13.8 Å². The van der Waals surface area contributed by atoms with E-state index < -0.39 is 5.67 Å². The first kappa shape index (κ1) is 8.49. The highest BCUT2D eigenvalue weighted by Crippen LogP contribution is 2.41. The molecule has 2 fully saturated rings. The Morgan fingerprint density at radius 3 is 2.17 bits per heavy atom. The van der Waals surface area contributed by atoms with Crippen molar-refractivity contribution in [3.8, 4) is 0 Å². The maximum Gasteiger partial charge on any atom is 0.116 e. The van der Waals surface area contributed by atoms with E-state index in [1.165, 1.54) is 12.8 Å². The van der Waals surface area contributed by atoms with Gasteiger partial charge in [0.15, 0.2) is 0 Å². The van der Waals surface area contributed by atoms with Crippen LogP contribution in [0.2, 0.25) is 0 Å². The summed E-state index contributed by atoms with van der Waals surface area (Å²) in [7, 11) is 0. The van der Waals surface area contributed by atoms with Gasteiger partial charge in [0, 0.05) is 12.1 Å². The highest BCUT2D eigenvalue weighted by molar-refractivity contribution is 5.01. The fraction of sp³-hybridized carbons (Fsp3) is 1.00. The number of halogens is 1. The van der Waals surface area contributed by atoms with Crippen molar-refractivity contribution in [3.05, 3.63) is 0 Å². The summed E-state index contributed by atoms with van der Waals surface area (Å²) in [5.74, 6) is 0.183. The van der Waals surface area contributed by atoms with Gasteiger partial charge in [-0.3, -0.25) is 0 Å². The zero-order chi connectivity index (χ0) is 8.77. The monoisotopic (exact) mass is 171 g/mol. The number of rotatable bonds is 1. The van der Waals surface area contributed by atoms with Crippen molar-refractivity contribution in [3.63, 3.8) is 0 Å². The molecule has 0 saturated carbocycles. The maximum atomic E-state index is 14.2. The lowest BCUT2D eigenvalue weighted by Crippen LogP contribution is -2.48. The molecule has 0 amide bonds. The van der Waals surface area contributed by atoms with Gasteiger partial charge < -0.3 is 5.32 Å². The molecule has 0 radical (unpaired) electrons. The van der Waals surface area contributed by atoms with Crippen LogP contribution in [0.25, 0.3) is 0 Å². The second-order valence-electron chi connectivity index (χ2n) is 4.74. The first-order chi connectivity index (χ1) is 5.60. The molecule has 0 aromatic rings. The van der Waals surface area contributed by atoms with Gasteiger partial charge in [-0.2, -0.15) is 0 Å². The largest absolute Gasteiger partial charge is 0.311 e. The second kappa shape index (κ2) is 2.69. The molecule has 0 spiro atoms. The fourth-order valence-electron chi connectivity index (χ4n) is 2.60. The lowest BCUT2D eigenvalue weighted by atomic mass is 9.80. The van der Waals surface area contributed by atoms with Gasteiger partial charge in [0.2, 0.25) is 0 Å². The molecular formula is C10H18FN. The van der Waals surface area contributed by atoms with Crippen LogP contribution in [0.5, 0.6) is 0 Å².